The number of aryl methyl sites for hydroxylation is 2. The van der Waals surface area contributed by atoms with Gasteiger partial charge < -0.3 is 30.1 Å². The van der Waals surface area contributed by atoms with E-state index in [1.807, 2.05) is 71.7 Å². The Morgan fingerprint density at radius 1 is 0.667 bits per heavy atom. The molecule has 2 atom stereocenters. The van der Waals surface area contributed by atoms with Crippen molar-refractivity contribution >= 4 is 39.8 Å². The van der Waals surface area contributed by atoms with Crippen molar-refractivity contribution in [2.24, 2.45) is 0 Å². The lowest BCUT2D eigenvalue weighted by Crippen LogP contribution is -2.42. The number of carbonyl (C=O) groups is 2. The zero-order valence-electron chi connectivity index (χ0n) is 38.3. The molecule has 0 radical (unpaired) electrons. The number of hydrogen-bond acceptors (Lipinski definition) is 8. The molecule has 14 heteroatoms. The summed E-state index contributed by atoms with van der Waals surface area (Å²) >= 11 is 0. The first-order chi connectivity index (χ1) is 28.2. The maximum atomic E-state index is 13.7. The molecule has 0 aliphatic carbocycles. The number of carbonyl (C=O) groups excluding carboxylic acids is 2. The van der Waals surface area contributed by atoms with Crippen molar-refractivity contribution in [3.8, 4) is 11.1 Å². The highest BCUT2D eigenvalue weighted by atomic mass is 28.4. The Balaban J connectivity index is 1.09. The number of nitrogens with one attached hydrogen (secondary N) is 4. The molecule has 0 unspecified atom stereocenters. The van der Waals surface area contributed by atoms with Crippen LogP contribution in [0.1, 0.15) is 123 Å². The van der Waals surface area contributed by atoms with Gasteiger partial charge in [-0.25, -0.2) is 0 Å². The molecular formula is C46H70N8O4Si2. The van der Waals surface area contributed by atoms with Crippen LogP contribution in [0, 0.1) is 13.8 Å². The minimum atomic E-state index is -1.82. The SMILES string of the molecule is Cc1c(NC(=O)c2cc3n(n2)CCC[C@@H]3NCCO[Si](C)(C)C(C)(C)C)cccc1-c1cccc(NC(=O)c2cc3n(n2)CCC[C@@H]3NCCO[Si](C)(C)C(C)(C)C)c1C. The van der Waals surface area contributed by atoms with E-state index < -0.39 is 16.6 Å². The first-order valence-electron chi connectivity index (χ1n) is 21.9. The summed E-state index contributed by atoms with van der Waals surface area (Å²) in [6.07, 6.45) is 3.96. The second kappa shape index (κ2) is 18.2. The molecule has 4 heterocycles. The molecule has 0 spiro atoms. The van der Waals surface area contributed by atoms with Crippen molar-refractivity contribution < 1.29 is 18.4 Å². The number of anilines is 2. The van der Waals surface area contributed by atoms with E-state index in [4.69, 9.17) is 19.0 Å². The third-order valence-corrected chi connectivity index (χ3v) is 22.6. The molecule has 4 N–H and O–H groups in total. The lowest BCUT2D eigenvalue weighted by atomic mass is 9.94. The second-order valence-electron chi connectivity index (χ2n) is 19.7. The normalized spacial score (nSPS) is 17.3. The number of fused-ring (bicyclic) bond motifs is 2. The van der Waals surface area contributed by atoms with Gasteiger partial charge in [0, 0.05) is 62.9 Å². The fraction of sp³-hybridized carbons (Fsp3) is 0.565. The Morgan fingerprint density at radius 3 is 1.42 bits per heavy atom. The van der Waals surface area contributed by atoms with Gasteiger partial charge in [0.25, 0.3) is 11.8 Å². The monoisotopic (exact) mass is 855 g/mol. The maximum Gasteiger partial charge on any atom is 0.276 e. The number of amides is 2. The molecule has 4 aromatic rings. The lowest BCUT2D eigenvalue weighted by Gasteiger charge is -2.36. The number of hydrogen-bond donors (Lipinski definition) is 4. The van der Waals surface area contributed by atoms with Crippen molar-refractivity contribution in [3.63, 3.8) is 0 Å². The third-order valence-electron chi connectivity index (χ3n) is 13.5. The summed E-state index contributed by atoms with van der Waals surface area (Å²) in [5.41, 5.74) is 8.11. The van der Waals surface area contributed by atoms with Crippen LogP contribution in [0.3, 0.4) is 0 Å². The highest BCUT2D eigenvalue weighted by Crippen LogP contribution is 2.38. The van der Waals surface area contributed by atoms with Crippen LogP contribution in [0.4, 0.5) is 11.4 Å². The van der Waals surface area contributed by atoms with Crippen molar-refractivity contribution in [2.75, 3.05) is 36.9 Å². The predicted molar refractivity (Wildman–Crippen MR) is 248 cm³/mol. The van der Waals surface area contributed by atoms with Crippen LogP contribution >= 0.6 is 0 Å². The van der Waals surface area contributed by atoms with Crippen LogP contribution < -0.4 is 21.3 Å². The van der Waals surface area contributed by atoms with Crippen LogP contribution in [0.2, 0.25) is 36.3 Å². The van der Waals surface area contributed by atoms with Crippen LogP contribution in [-0.4, -0.2) is 74.3 Å². The fourth-order valence-corrected chi connectivity index (χ4v) is 9.70. The number of nitrogens with zero attached hydrogens (tertiary/aromatic N) is 4. The van der Waals surface area contributed by atoms with Gasteiger partial charge >= 0.3 is 0 Å². The maximum absolute atomic E-state index is 13.7. The summed E-state index contributed by atoms with van der Waals surface area (Å²) in [5, 5.41) is 23.4. The van der Waals surface area contributed by atoms with Crippen molar-refractivity contribution in [3.05, 3.63) is 82.4 Å². The second-order valence-corrected chi connectivity index (χ2v) is 29.4. The van der Waals surface area contributed by atoms with Gasteiger partial charge in [-0.05, 0) is 122 Å². The molecule has 60 heavy (non-hydrogen) atoms. The molecule has 2 aromatic heterocycles. The molecule has 2 aliphatic rings. The van der Waals surface area contributed by atoms with E-state index in [0.717, 1.165) is 85.5 Å². The molecular weight excluding hydrogens is 785 g/mol. The standard InChI is InChI=1S/C46H70N8O4Si2/c1-31-33(17-13-19-35(31)49-43(55)39-29-41-37(21-15-25-53(41)51-39)47-23-27-57-59(9,10)45(3,4)5)34-18-14-20-36(32(34)2)50-44(56)40-30-42-38(22-16-26-54(42)52-40)48-24-28-58-60(11,12)46(6,7)8/h13-14,17-20,29-30,37-38,47-48H,15-16,21-28H2,1-12H3,(H,49,55)(H,50,56)/t37-,38-/m0/s1. The lowest BCUT2D eigenvalue weighted by molar-refractivity contribution is 0.101. The van der Waals surface area contributed by atoms with Gasteiger partial charge in [0.05, 0.1) is 11.4 Å². The van der Waals surface area contributed by atoms with Gasteiger partial charge in [-0.15, -0.1) is 0 Å². The van der Waals surface area contributed by atoms with Crippen molar-refractivity contribution in [1.82, 2.24) is 30.2 Å². The van der Waals surface area contributed by atoms with Crippen molar-refractivity contribution in [2.45, 2.75) is 143 Å². The molecule has 0 bridgehead atoms. The molecule has 0 saturated carbocycles. The van der Waals surface area contributed by atoms with Crippen LogP contribution in [-0.2, 0) is 21.9 Å². The zero-order valence-corrected chi connectivity index (χ0v) is 40.3. The van der Waals surface area contributed by atoms with Crippen LogP contribution in [0.5, 0.6) is 0 Å². The number of aromatic nitrogens is 4. The van der Waals surface area contributed by atoms with Gasteiger partial charge in [0.15, 0.2) is 28.0 Å². The Morgan fingerprint density at radius 2 is 1.05 bits per heavy atom. The summed E-state index contributed by atoms with van der Waals surface area (Å²) in [6, 6.07) is 15.9. The molecule has 326 valence electrons. The van der Waals surface area contributed by atoms with Crippen LogP contribution in [0.15, 0.2) is 48.5 Å². The number of benzene rings is 2. The van der Waals surface area contributed by atoms with E-state index in [-0.39, 0.29) is 34.0 Å². The number of rotatable bonds is 15. The quantitative estimate of drug-likeness (QED) is 0.0686. The first-order valence-corrected chi connectivity index (χ1v) is 27.7. The minimum Gasteiger partial charge on any atom is -0.416 e. The van der Waals surface area contributed by atoms with E-state index in [1.165, 1.54) is 0 Å². The average molecular weight is 855 g/mol. The molecule has 2 amide bonds. The van der Waals surface area contributed by atoms with E-state index in [0.29, 0.717) is 36.0 Å². The fourth-order valence-electron chi connectivity index (χ4n) is 7.61. The van der Waals surface area contributed by atoms with E-state index in [9.17, 15) is 9.59 Å². The molecule has 0 fully saturated rings. The van der Waals surface area contributed by atoms with E-state index >= 15 is 0 Å². The van der Waals surface area contributed by atoms with E-state index in [1.54, 1.807) is 0 Å². The summed E-state index contributed by atoms with van der Waals surface area (Å²) in [5.74, 6) is -0.482. The van der Waals surface area contributed by atoms with Crippen LogP contribution in [0.25, 0.3) is 11.1 Å². The highest BCUT2D eigenvalue weighted by molar-refractivity contribution is 6.74. The molecule has 6 rings (SSSR count). The van der Waals surface area contributed by atoms with Gasteiger partial charge in [-0.1, -0.05) is 65.8 Å². The molecule has 2 aliphatic heterocycles. The molecule has 2 aromatic carbocycles. The van der Waals surface area contributed by atoms with Gasteiger partial charge in [-0.2, -0.15) is 10.2 Å². The summed E-state index contributed by atoms with van der Waals surface area (Å²) in [6.45, 7) is 31.1. The predicted octanol–water partition coefficient (Wildman–Crippen LogP) is 9.76. The minimum absolute atomic E-state index is 0.118. The van der Waals surface area contributed by atoms with Gasteiger partial charge in [0.2, 0.25) is 0 Å². The summed E-state index contributed by atoms with van der Waals surface area (Å²) in [4.78, 5) is 27.4. The summed E-state index contributed by atoms with van der Waals surface area (Å²) < 4.78 is 16.7. The summed E-state index contributed by atoms with van der Waals surface area (Å²) in [7, 11) is -3.63. The highest BCUT2D eigenvalue weighted by Gasteiger charge is 2.38. The topological polar surface area (TPSA) is 136 Å². The third kappa shape index (κ3) is 10.2. The molecule has 0 saturated heterocycles. The smallest absolute Gasteiger partial charge is 0.276 e. The first kappa shape index (κ1) is 45.6. The Hall–Kier alpha value is -3.93. The largest absolute Gasteiger partial charge is 0.416 e. The Bertz CT molecular complexity index is 2010. The van der Waals surface area contributed by atoms with Gasteiger partial charge in [-0.3, -0.25) is 19.0 Å². The van der Waals surface area contributed by atoms with Gasteiger partial charge in [0.1, 0.15) is 0 Å². The molecule has 12 nitrogen and oxygen atoms in total. The average Bonchev–Trinajstić information content (AvgIpc) is 3.82. The Kier molecular flexibility index (Phi) is 13.8. The van der Waals surface area contributed by atoms with E-state index in [2.05, 4.69) is 89.0 Å². The zero-order chi connectivity index (χ0) is 43.6. The Labute approximate surface area is 360 Å². The van der Waals surface area contributed by atoms with Crippen molar-refractivity contribution in [1.29, 1.82) is 0 Å².